The van der Waals surface area contributed by atoms with Gasteiger partial charge in [0, 0.05) is 33.0 Å². The number of methoxy groups -OCH3 is 2. The summed E-state index contributed by atoms with van der Waals surface area (Å²) in [6, 6.07) is 18.6. The molecule has 7 heteroatoms. The van der Waals surface area contributed by atoms with Crippen molar-refractivity contribution in [3.05, 3.63) is 77.6 Å². The highest BCUT2D eigenvalue weighted by molar-refractivity contribution is 6.77. The van der Waals surface area contributed by atoms with Crippen LogP contribution in [0, 0.1) is 5.92 Å². The normalized spacial score (nSPS) is 18.8. The van der Waals surface area contributed by atoms with Gasteiger partial charge in [-0.2, -0.15) is 0 Å². The van der Waals surface area contributed by atoms with Gasteiger partial charge in [0.2, 0.25) is 0 Å². The summed E-state index contributed by atoms with van der Waals surface area (Å²) in [6.45, 7) is 20.6. The molecule has 0 unspecified atom stereocenters. The molecule has 0 spiro atoms. The highest BCUT2D eigenvalue weighted by Gasteiger charge is 2.45. The second kappa shape index (κ2) is 21.3. The molecule has 0 aliphatic carbocycles. The molecule has 5 atom stereocenters. The van der Waals surface area contributed by atoms with Crippen molar-refractivity contribution in [1.29, 1.82) is 0 Å². The summed E-state index contributed by atoms with van der Waals surface area (Å²) in [6.07, 6.45) is 9.06. The molecule has 0 N–H and O–H groups in total. The Morgan fingerprint density at radius 3 is 2.04 bits per heavy atom. The van der Waals surface area contributed by atoms with Gasteiger partial charge in [-0.05, 0) is 71.1 Å². The molecular formula is C42H68O6Si. The summed E-state index contributed by atoms with van der Waals surface area (Å²) in [4.78, 5) is 0. The van der Waals surface area contributed by atoms with Crippen molar-refractivity contribution in [2.24, 2.45) is 5.92 Å². The lowest BCUT2D eigenvalue weighted by Gasteiger charge is -2.42. The van der Waals surface area contributed by atoms with Crippen molar-refractivity contribution in [2.45, 2.75) is 155 Å². The molecule has 0 aromatic heterocycles. The highest BCUT2D eigenvalue weighted by Crippen LogP contribution is 2.42. The van der Waals surface area contributed by atoms with Gasteiger partial charge in [-0.15, -0.1) is 0 Å². The van der Waals surface area contributed by atoms with Gasteiger partial charge in [-0.1, -0.05) is 104 Å². The third-order valence-corrected chi connectivity index (χ3v) is 16.4. The van der Waals surface area contributed by atoms with Crippen molar-refractivity contribution >= 4 is 8.32 Å². The minimum atomic E-state index is -1.93. The van der Waals surface area contributed by atoms with Crippen LogP contribution < -0.4 is 4.74 Å². The van der Waals surface area contributed by atoms with Crippen LogP contribution in [0.3, 0.4) is 0 Å². The molecule has 1 heterocycles. The van der Waals surface area contributed by atoms with Gasteiger partial charge in [0.15, 0.2) is 8.32 Å². The molecule has 276 valence electrons. The van der Waals surface area contributed by atoms with Gasteiger partial charge in [0.25, 0.3) is 0 Å². The average Bonchev–Trinajstić information content (AvgIpc) is 3.08. The van der Waals surface area contributed by atoms with Crippen LogP contribution in [0.1, 0.15) is 111 Å². The van der Waals surface area contributed by atoms with Crippen molar-refractivity contribution in [1.82, 2.24) is 0 Å². The topological polar surface area (TPSA) is 55.4 Å². The first-order chi connectivity index (χ1) is 23.5. The fourth-order valence-electron chi connectivity index (χ4n) is 7.87. The maximum atomic E-state index is 6.94. The van der Waals surface area contributed by atoms with E-state index in [0.717, 1.165) is 68.6 Å². The number of benzene rings is 2. The molecule has 49 heavy (non-hydrogen) atoms. The Morgan fingerprint density at radius 1 is 0.796 bits per heavy atom. The van der Waals surface area contributed by atoms with Crippen LogP contribution in [0.25, 0.3) is 0 Å². The molecule has 3 rings (SSSR count). The second-order valence-corrected chi connectivity index (χ2v) is 20.6. The number of hydrogen-bond acceptors (Lipinski definition) is 6. The smallest absolute Gasteiger partial charge is 0.200 e. The molecule has 0 fully saturated rings. The Hall–Kier alpha value is -2.16. The van der Waals surface area contributed by atoms with E-state index >= 15 is 0 Å². The SMILES string of the molecule is CCC[C@@H](C[C@H](C[C@H](C)CC1=C[C@H](OCc2ccccc2)C[C@H](CCO[Si](C(C)C)(C(C)C)C(C)C)O1)OC)OCc1ccc(OC)cc1. The Morgan fingerprint density at radius 2 is 1.45 bits per heavy atom. The van der Waals surface area contributed by atoms with E-state index in [-0.39, 0.29) is 24.4 Å². The van der Waals surface area contributed by atoms with E-state index in [1.807, 2.05) is 25.3 Å². The van der Waals surface area contributed by atoms with Crippen LogP contribution in [0.2, 0.25) is 16.6 Å². The summed E-state index contributed by atoms with van der Waals surface area (Å²) in [5.41, 5.74) is 4.04. The lowest BCUT2D eigenvalue weighted by Crippen LogP contribution is -2.48. The zero-order valence-electron chi connectivity index (χ0n) is 32.4. The third kappa shape index (κ3) is 13.2. The zero-order chi connectivity index (χ0) is 35.8. The van der Waals surface area contributed by atoms with E-state index in [0.29, 0.717) is 35.8 Å². The molecule has 0 amide bonds. The summed E-state index contributed by atoms with van der Waals surface area (Å²) >= 11 is 0. The molecule has 0 saturated carbocycles. The van der Waals surface area contributed by atoms with Crippen molar-refractivity contribution in [3.8, 4) is 5.75 Å². The van der Waals surface area contributed by atoms with Gasteiger partial charge in [-0.25, -0.2) is 0 Å². The Balaban J connectivity index is 1.63. The molecule has 2 aromatic carbocycles. The Kier molecular flexibility index (Phi) is 17.9. The van der Waals surface area contributed by atoms with Crippen LogP contribution in [-0.4, -0.2) is 53.6 Å². The van der Waals surface area contributed by atoms with Gasteiger partial charge in [0.05, 0.1) is 44.4 Å². The zero-order valence-corrected chi connectivity index (χ0v) is 33.4. The fraction of sp³-hybridized carbons (Fsp3) is 0.667. The number of ether oxygens (including phenoxy) is 5. The minimum Gasteiger partial charge on any atom is -0.497 e. The predicted octanol–water partition coefficient (Wildman–Crippen LogP) is 11.0. The van der Waals surface area contributed by atoms with Gasteiger partial charge >= 0.3 is 0 Å². The molecule has 0 saturated heterocycles. The third-order valence-electron chi connectivity index (χ3n) is 10.3. The standard InChI is InChI=1S/C42H68O6Si/c1-11-15-38(45-30-36-18-20-37(43-9)21-19-36)26-40(44-10)24-34(8)25-42-28-41(46-29-35-16-13-12-14-17-35)27-39(48-42)22-23-47-49(31(2)3,32(4)5)33(6)7/h12-14,16-21,28,31-34,38-41H,11,15,22-27,29-30H2,1-10H3/t34-,38-,39-,40-,41+/m0/s1. The van der Waals surface area contributed by atoms with Crippen LogP contribution in [0.5, 0.6) is 5.75 Å². The highest BCUT2D eigenvalue weighted by atomic mass is 28.4. The monoisotopic (exact) mass is 696 g/mol. The van der Waals surface area contributed by atoms with Crippen molar-refractivity contribution in [3.63, 3.8) is 0 Å². The molecule has 1 aliphatic heterocycles. The summed E-state index contributed by atoms with van der Waals surface area (Å²) in [7, 11) is 1.59. The Bertz CT molecular complexity index is 1180. The maximum Gasteiger partial charge on any atom is 0.200 e. The van der Waals surface area contributed by atoms with Crippen LogP contribution in [0.4, 0.5) is 0 Å². The summed E-state index contributed by atoms with van der Waals surface area (Å²) < 4.78 is 37.9. The number of allylic oxidation sites excluding steroid dienone is 1. The van der Waals surface area contributed by atoms with Crippen LogP contribution >= 0.6 is 0 Å². The molecule has 2 aromatic rings. The summed E-state index contributed by atoms with van der Waals surface area (Å²) in [5.74, 6) is 2.28. The van der Waals surface area contributed by atoms with E-state index in [2.05, 4.69) is 97.9 Å². The first-order valence-corrected chi connectivity index (χ1v) is 21.1. The quantitative estimate of drug-likeness (QED) is 0.108. The molecule has 1 aliphatic rings. The minimum absolute atomic E-state index is 0.0157. The number of hydrogen-bond donors (Lipinski definition) is 0. The average molecular weight is 697 g/mol. The fourth-order valence-corrected chi connectivity index (χ4v) is 13.3. The van der Waals surface area contributed by atoms with Crippen molar-refractivity contribution in [2.75, 3.05) is 20.8 Å². The van der Waals surface area contributed by atoms with Crippen LogP contribution in [0.15, 0.2) is 66.4 Å². The lowest BCUT2D eigenvalue weighted by atomic mass is 9.93. The largest absolute Gasteiger partial charge is 0.497 e. The van der Waals surface area contributed by atoms with Gasteiger partial charge in [0.1, 0.15) is 11.9 Å². The molecule has 0 bridgehead atoms. The lowest BCUT2D eigenvalue weighted by molar-refractivity contribution is -0.0243. The van der Waals surface area contributed by atoms with E-state index in [4.69, 9.17) is 28.1 Å². The molecular weight excluding hydrogens is 629 g/mol. The van der Waals surface area contributed by atoms with Gasteiger partial charge in [-0.3, -0.25) is 0 Å². The van der Waals surface area contributed by atoms with E-state index < -0.39 is 8.32 Å². The summed E-state index contributed by atoms with van der Waals surface area (Å²) in [5, 5.41) is 0. The first-order valence-electron chi connectivity index (χ1n) is 18.9. The predicted molar refractivity (Wildman–Crippen MR) is 204 cm³/mol. The van der Waals surface area contributed by atoms with E-state index in [1.165, 1.54) is 5.56 Å². The second-order valence-electron chi connectivity index (χ2n) is 15.1. The number of rotatable bonds is 23. The Labute approximate surface area is 300 Å². The molecule has 0 radical (unpaired) electrons. The van der Waals surface area contributed by atoms with Crippen molar-refractivity contribution < 1.29 is 28.1 Å². The molecule has 6 nitrogen and oxygen atoms in total. The maximum absolute atomic E-state index is 6.94. The van der Waals surface area contributed by atoms with Gasteiger partial charge < -0.3 is 28.1 Å². The van der Waals surface area contributed by atoms with E-state index in [9.17, 15) is 0 Å². The van der Waals surface area contributed by atoms with Crippen LogP contribution in [-0.2, 0) is 36.6 Å². The van der Waals surface area contributed by atoms with E-state index in [1.54, 1.807) is 7.11 Å². The first kappa shape index (κ1) is 41.3.